The van der Waals surface area contributed by atoms with E-state index in [-0.39, 0.29) is 11.3 Å². The number of Topliss-reactive ketones (excluding diaryl/α,β-unsaturated/α-hetero) is 2. The molecule has 3 N–H and O–H groups in total. The minimum absolute atomic E-state index is 0.0626. The lowest BCUT2D eigenvalue weighted by molar-refractivity contribution is -0.112. The summed E-state index contributed by atoms with van der Waals surface area (Å²) in [5.41, 5.74) is 2.27. The molecule has 1 heterocycles. The fraction of sp³-hybridized carbons (Fsp3) is 0.105. The monoisotopic (exact) mass is 366 g/mol. The van der Waals surface area contributed by atoms with Gasteiger partial charge in [0.15, 0.2) is 5.11 Å². The number of thiocarbonyl (C=S) groups is 1. The van der Waals surface area contributed by atoms with Crippen molar-refractivity contribution in [3.8, 4) is 11.5 Å². The first-order chi connectivity index (χ1) is 12.5. The molecule has 0 saturated heterocycles. The molecule has 0 bridgehead atoms. The van der Waals surface area contributed by atoms with Gasteiger partial charge in [0.2, 0.25) is 11.6 Å². The standard InChI is InChI=1S/C19H14N2O4S/c1-25-11-5-6-12-13(8-11)16-14(18(24)17(12)23)15(20-19(26)21-16)9-3-2-4-10(22)7-9/h2-8,15,22H,1H3,(H2,20,21,26). The Bertz CT molecular complexity index is 1010. The van der Waals surface area contributed by atoms with Gasteiger partial charge in [-0.15, -0.1) is 0 Å². The van der Waals surface area contributed by atoms with E-state index in [1.807, 2.05) is 0 Å². The van der Waals surface area contributed by atoms with E-state index in [0.717, 1.165) is 0 Å². The molecule has 0 radical (unpaired) electrons. The Morgan fingerprint density at radius 2 is 1.88 bits per heavy atom. The average Bonchev–Trinajstić information content (AvgIpc) is 2.65. The highest BCUT2D eigenvalue weighted by Crippen LogP contribution is 2.38. The minimum Gasteiger partial charge on any atom is -0.508 e. The number of carbonyl (C=O) groups excluding carboxylic acids is 2. The number of hydrogen-bond donors (Lipinski definition) is 3. The van der Waals surface area contributed by atoms with Gasteiger partial charge in [-0.1, -0.05) is 12.1 Å². The lowest BCUT2D eigenvalue weighted by Gasteiger charge is -2.34. The van der Waals surface area contributed by atoms with E-state index in [1.54, 1.807) is 30.3 Å². The van der Waals surface area contributed by atoms with Crippen LogP contribution in [0.15, 0.2) is 48.0 Å². The van der Waals surface area contributed by atoms with Gasteiger partial charge in [-0.2, -0.15) is 0 Å². The molecule has 1 atom stereocenters. The second kappa shape index (κ2) is 5.96. The van der Waals surface area contributed by atoms with Crippen LogP contribution in [0.5, 0.6) is 11.5 Å². The molecule has 1 unspecified atom stereocenters. The summed E-state index contributed by atoms with van der Waals surface area (Å²) in [6.07, 6.45) is 0. The van der Waals surface area contributed by atoms with Crippen LogP contribution in [-0.4, -0.2) is 28.9 Å². The van der Waals surface area contributed by atoms with Gasteiger partial charge in [0.1, 0.15) is 11.5 Å². The summed E-state index contributed by atoms with van der Waals surface area (Å²) in [6, 6.07) is 10.8. The number of fused-ring (bicyclic) bond motifs is 2. The van der Waals surface area contributed by atoms with Crippen LogP contribution < -0.4 is 15.4 Å². The van der Waals surface area contributed by atoms with Gasteiger partial charge in [0.25, 0.3) is 0 Å². The minimum atomic E-state index is -0.637. The first kappa shape index (κ1) is 16.3. The molecular formula is C19H14N2O4S. The molecule has 130 valence electrons. The molecule has 1 aliphatic carbocycles. The average molecular weight is 366 g/mol. The van der Waals surface area contributed by atoms with Crippen LogP contribution in [0, 0.1) is 0 Å². The van der Waals surface area contributed by atoms with E-state index in [1.165, 1.54) is 19.2 Å². The summed E-state index contributed by atoms with van der Waals surface area (Å²) in [5, 5.41) is 16.1. The molecule has 0 saturated carbocycles. The second-order valence-electron chi connectivity index (χ2n) is 5.98. The number of benzene rings is 2. The van der Waals surface area contributed by atoms with Crippen LogP contribution in [0.4, 0.5) is 0 Å². The molecule has 7 heteroatoms. The van der Waals surface area contributed by atoms with E-state index in [9.17, 15) is 14.7 Å². The Labute approximate surface area is 154 Å². The summed E-state index contributed by atoms with van der Waals surface area (Å²) in [6.45, 7) is 0. The van der Waals surface area contributed by atoms with E-state index in [0.29, 0.717) is 33.2 Å². The largest absolute Gasteiger partial charge is 0.508 e. The Morgan fingerprint density at radius 3 is 2.62 bits per heavy atom. The van der Waals surface area contributed by atoms with E-state index in [4.69, 9.17) is 17.0 Å². The topological polar surface area (TPSA) is 87.7 Å². The zero-order valence-electron chi connectivity index (χ0n) is 13.7. The highest BCUT2D eigenvalue weighted by molar-refractivity contribution is 7.80. The number of aromatic hydroxyl groups is 1. The van der Waals surface area contributed by atoms with Crippen molar-refractivity contribution in [2.45, 2.75) is 6.04 Å². The van der Waals surface area contributed by atoms with Crippen molar-refractivity contribution in [1.82, 2.24) is 10.6 Å². The summed E-state index contributed by atoms with van der Waals surface area (Å²) < 4.78 is 5.25. The third-order valence-corrected chi connectivity index (χ3v) is 4.69. The number of hydrogen-bond acceptors (Lipinski definition) is 5. The van der Waals surface area contributed by atoms with Gasteiger partial charge in [-0.25, -0.2) is 0 Å². The van der Waals surface area contributed by atoms with Crippen LogP contribution >= 0.6 is 12.2 Å². The molecule has 6 nitrogen and oxygen atoms in total. The zero-order valence-corrected chi connectivity index (χ0v) is 14.5. The number of carbonyl (C=O) groups is 2. The summed E-state index contributed by atoms with van der Waals surface area (Å²) in [7, 11) is 1.53. The quantitative estimate of drug-likeness (QED) is 0.554. The lowest BCUT2D eigenvalue weighted by Crippen LogP contribution is -2.47. The summed E-state index contributed by atoms with van der Waals surface area (Å²) in [5.74, 6) is -0.554. The van der Waals surface area contributed by atoms with Crippen LogP contribution in [0.25, 0.3) is 5.70 Å². The molecule has 2 aliphatic rings. The van der Waals surface area contributed by atoms with Crippen molar-refractivity contribution < 1.29 is 19.4 Å². The van der Waals surface area contributed by atoms with Crippen LogP contribution in [-0.2, 0) is 4.79 Å². The smallest absolute Gasteiger partial charge is 0.234 e. The lowest BCUT2D eigenvalue weighted by atomic mass is 9.81. The van der Waals surface area contributed by atoms with E-state index in [2.05, 4.69) is 10.6 Å². The number of phenolic OH excluding ortho intramolecular Hbond substituents is 1. The van der Waals surface area contributed by atoms with Crippen LogP contribution in [0.1, 0.15) is 27.5 Å². The fourth-order valence-electron chi connectivity index (χ4n) is 3.28. The molecule has 0 aromatic heterocycles. The normalized spacial score (nSPS) is 18.7. The first-order valence-corrected chi connectivity index (χ1v) is 8.28. The third-order valence-electron chi connectivity index (χ3n) is 4.47. The molecule has 1 aliphatic heterocycles. The summed E-state index contributed by atoms with van der Waals surface area (Å²) in [4.78, 5) is 25.5. The van der Waals surface area contributed by atoms with E-state index < -0.39 is 17.6 Å². The van der Waals surface area contributed by atoms with E-state index >= 15 is 0 Å². The second-order valence-corrected chi connectivity index (χ2v) is 6.39. The summed E-state index contributed by atoms with van der Waals surface area (Å²) >= 11 is 5.30. The van der Waals surface area contributed by atoms with Crippen molar-refractivity contribution in [2.24, 2.45) is 0 Å². The maximum absolute atomic E-state index is 12.8. The van der Waals surface area contributed by atoms with Gasteiger partial charge < -0.3 is 20.5 Å². The Morgan fingerprint density at radius 1 is 1.08 bits per heavy atom. The van der Waals surface area contributed by atoms with Gasteiger partial charge >= 0.3 is 0 Å². The van der Waals surface area contributed by atoms with Crippen molar-refractivity contribution in [3.05, 3.63) is 64.7 Å². The van der Waals surface area contributed by atoms with Crippen molar-refractivity contribution in [2.75, 3.05) is 7.11 Å². The van der Waals surface area contributed by atoms with Crippen molar-refractivity contribution >= 4 is 34.6 Å². The third kappa shape index (κ3) is 2.44. The Balaban J connectivity index is 1.97. The van der Waals surface area contributed by atoms with Gasteiger partial charge in [-0.3, -0.25) is 9.59 Å². The number of rotatable bonds is 2. The zero-order chi connectivity index (χ0) is 18.4. The molecule has 0 fully saturated rings. The van der Waals surface area contributed by atoms with Crippen LogP contribution in [0.2, 0.25) is 0 Å². The maximum Gasteiger partial charge on any atom is 0.234 e. The SMILES string of the molecule is COc1ccc2c(c1)C1=C(C(=O)C2=O)C(c2cccc(O)c2)NC(=S)N1. The molecule has 0 spiro atoms. The molecule has 4 rings (SSSR count). The highest BCUT2D eigenvalue weighted by atomic mass is 32.1. The Kier molecular flexibility index (Phi) is 3.73. The Hall–Kier alpha value is -3.19. The van der Waals surface area contributed by atoms with Gasteiger partial charge in [0, 0.05) is 11.1 Å². The fourth-order valence-corrected chi connectivity index (χ4v) is 3.50. The number of ether oxygens (including phenoxy) is 1. The molecule has 26 heavy (non-hydrogen) atoms. The number of ketones is 2. The van der Waals surface area contributed by atoms with Crippen molar-refractivity contribution in [3.63, 3.8) is 0 Å². The highest BCUT2D eigenvalue weighted by Gasteiger charge is 2.40. The maximum atomic E-state index is 12.8. The van der Waals surface area contributed by atoms with Crippen molar-refractivity contribution in [1.29, 1.82) is 0 Å². The van der Waals surface area contributed by atoms with Crippen LogP contribution in [0.3, 0.4) is 0 Å². The number of methoxy groups -OCH3 is 1. The first-order valence-electron chi connectivity index (χ1n) is 7.87. The van der Waals surface area contributed by atoms with Gasteiger partial charge in [0.05, 0.1) is 24.4 Å². The predicted molar refractivity (Wildman–Crippen MR) is 99.0 cm³/mol. The molecule has 2 aromatic rings. The number of nitrogens with one attached hydrogen (secondary N) is 2. The molecule has 2 aromatic carbocycles. The molecule has 0 amide bonds. The molecular weight excluding hydrogens is 352 g/mol. The predicted octanol–water partition coefficient (Wildman–Crippen LogP) is 2.10. The van der Waals surface area contributed by atoms with Gasteiger partial charge in [-0.05, 0) is 48.1 Å². The number of phenols is 1.